The van der Waals surface area contributed by atoms with Crippen LogP contribution in [0, 0.1) is 0 Å². The number of carbonyl (C=O) groups excluding carboxylic acids is 1. The summed E-state index contributed by atoms with van der Waals surface area (Å²) in [6, 6.07) is 18.7. The third-order valence-electron chi connectivity index (χ3n) is 6.04. The average molecular weight is 530 g/mol. The average Bonchev–Trinajstić information content (AvgIpc) is 3.20. The monoisotopic (exact) mass is 528 g/mol. The Morgan fingerprint density at radius 1 is 0.943 bits per heavy atom. The van der Waals surface area contributed by atoms with E-state index in [2.05, 4.69) is 28.6 Å². The SMILES string of the molecule is CCN(CC)CCNC(=O)c1ccc2c(c1)nc(-c1ccc(Cl)cc1Cl)n2Cc1ccc(Cl)cc1. The van der Waals surface area contributed by atoms with Gasteiger partial charge in [-0.1, -0.05) is 60.8 Å². The molecular formula is C27H27Cl3N4O. The zero-order valence-electron chi connectivity index (χ0n) is 19.7. The van der Waals surface area contributed by atoms with Gasteiger partial charge in [-0.2, -0.15) is 0 Å². The molecule has 0 bridgehead atoms. The molecule has 35 heavy (non-hydrogen) atoms. The van der Waals surface area contributed by atoms with Crippen LogP contribution in [-0.4, -0.2) is 46.5 Å². The van der Waals surface area contributed by atoms with Crippen molar-refractivity contribution >= 4 is 51.7 Å². The Morgan fingerprint density at radius 3 is 2.34 bits per heavy atom. The van der Waals surface area contributed by atoms with E-state index < -0.39 is 0 Å². The normalized spacial score (nSPS) is 11.4. The zero-order valence-corrected chi connectivity index (χ0v) is 22.0. The number of likely N-dealkylation sites (N-methyl/N-ethyl adjacent to an activating group) is 1. The number of halogens is 3. The second-order valence-electron chi connectivity index (χ2n) is 8.26. The lowest BCUT2D eigenvalue weighted by Gasteiger charge is -2.17. The largest absolute Gasteiger partial charge is 0.351 e. The molecule has 8 heteroatoms. The van der Waals surface area contributed by atoms with Gasteiger partial charge in [-0.25, -0.2) is 4.98 Å². The van der Waals surface area contributed by atoms with Crippen LogP contribution >= 0.6 is 34.8 Å². The van der Waals surface area contributed by atoms with Crippen LogP contribution in [0.2, 0.25) is 15.1 Å². The first-order valence-electron chi connectivity index (χ1n) is 11.6. The summed E-state index contributed by atoms with van der Waals surface area (Å²) in [5.41, 5.74) is 4.03. The van der Waals surface area contributed by atoms with Crippen molar-refractivity contribution in [3.63, 3.8) is 0 Å². The smallest absolute Gasteiger partial charge is 0.251 e. The topological polar surface area (TPSA) is 50.2 Å². The standard InChI is InChI=1S/C27H27Cl3N4O/c1-3-33(4-2)14-13-31-27(35)19-7-12-25-24(15-19)32-26(22-11-10-21(29)16-23(22)30)34(25)17-18-5-8-20(28)9-6-18/h5-12,15-16H,3-4,13-14,17H2,1-2H3,(H,31,35). The Labute approximate surface area is 220 Å². The van der Waals surface area contributed by atoms with Crippen LogP contribution in [0.15, 0.2) is 60.7 Å². The number of nitrogens with zero attached hydrogens (tertiary/aromatic N) is 3. The zero-order chi connectivity index (χ0) is 24.9. The van der Waals surface area contributed by atoms with Crippen molar-refractivity contribution in [3.8, 4) is 11.4 Å². The highest BCUT2D eigenvalue weighted by atomic mass is 35.5. The van der Waals surface area contributed by atoms with E-state index in [0.29, 0.717) is 39.5 Å². The lowest BCUT2D eigenvalue weighted by atomic mass is 10.1. The number of rotatable bonds is 9. The summed E-state index contributed by atoms with van der Waals surface area (Å²) >= 11 is 18.8. The van der Waals surface area contributed by atoms with Gasteiger partial charge in [0.05, 0.1) is 16.1 Å². The number of hydrogen-bond acceptors (Lipinski definition) is 3. The van der Waals surface area contributed by atoms with Crippen LogP contribution in [0.25, 0.3) is 22.4 Å². The van der Waals surface area contributed by atoms with Gasteiger partial charge >= 0.3 is 0 Å². The molecule has 1 amide bonds. The van der Waals surface area contributed by atoms with Crippen molar-refractivity contribution in [1.29, 1.82) is 0 Å². The van der Waals surface area contributed by atoms with E-state index in [9.17, 15) is 4.79 Å². The molecule has 0 aliphatic heterocycles. The van der Waals surface area contributed by atoms with Crippen LogP contribution in [0.3, 0.4) is 0 Å². The summed E-state index contributed by atoms with van der Waals surface area (Å²) in [5, 5.41) is 4.77. The van der Waals surface area contributed by atoms with E-state index >= 15 is 0 Å². The van der Waals surface area contributed by atoms with Gasteiger partial charge in [0, 0.05) is 40.8 Å². The Morgan fingerprint density at radius 2 is 1.66 bits per heavy atom. The number of fused-ring (bicyclic) bond motifs is 1. The second-order valence-corrected chi connectivity index (χ2v) is 9.54. The molecule has 0 fully saturated rings. The molecule has 0 saturated heterocycles. The molecule has 0 aliphatic rings. The van der Waals surface area contributed by atoms with E-state index in [-0.39, 0.29) is 5.91 Å². The van der Waals surface area contributed by atoms with Gasteiger partial charge in [0.15, 0.2) is 0 Å². The van der Waals surface area contributed by atoms with Gasteiger partial charge in [-0.05, 0) is 67.2 Å². The summed E-state index contributed by atoms with van der Waals surface area (Å²) in [6.45, 7) is 8.12. The number of carbonyl (C=O) groups is 1. The Bertz CT molecular complexity index is 1330. The van der Waals surface area contributed by atoms with Crippen molar-refractivity contribution in [2.24, 2.45) is 0 Å². The number of imidazole rings is 1. The molecule has 4 rings (SSSR count). The number of amides is 1. The minimum atomic E-state index is -0.114. The third-order valence-corrected chi connectivity index (χ3v) is 6.84. The van der Waals surface area contributed by atoms with E-state index in [4.69, 9.17) is 39.8 Å². The van der Waals surface area contributed by atoms with Crippen LogP contribution < -0.4 is 5.32 Å². The van der Waals surface area contributed by atoms with Gasteiger partial charge in [-0.3, -0.25) is 4.79 Å². The van der Waals surface area contributed by atoms with E-state index in [1.165, 1.54) is 0 Å². The molecule has 0 saturated carbocycles. The third kappa shape index (κ3) is 5.99. The molecule has 1 aromatic heterocycles. The van der Waals surface area contributed by atoms with E-state index in [1.807, 2.05) is 48.5 Å². The Hall–Kier alpha value is -2.57. The van der Waals surface area contributed by atoms with Crippen molar-refractivity contribution in [1.82, 2.24) is 19.8 Å². The summed E-state index contributed by atoms with van der Waals surface area (Å²) in [7, 11) is 0. The molecule has 0 aliphatic carbocycles. The summed E-state index contributed by atoms with van der Waals surface area (Å²) in [4.78, 5) is 20.0. The van der Waals surface area contributed by atoms with Crippen molar-refractivity contribution < 1.29 is 4.79 Å². The van der Waals surface area contributed by atoms with Gasteiger partial charge in [0.25, 0.3) is 5.91 Å². The fraction of sp³-hybridized carbons (Fsp3) is 0.259. The van der Waals surface area contributed by atoms with Gasteiger partial charge in [-0.15, -0.1) is 0 Å². The molecular weight excluding hydrogens is 503 g/mol. The highest BCUT2D eigenvalue weighted by Crippen LogP contribution is 2.33. The molecule has 182 valence electrons. The Balaban J connectivity index is 1.69. The lowest BCUT2D eigenvalue weighted by molar-refractivity contribution is 0.0949. The van der Waals surface area contributed by atoms with Gasteiger partial charge < -0.3 is 14.8 Å². The molecule has 5 nitrogen and oxygen atoms in total. The van der Waals surface area contributed by atoms with E-state index in [1.54, 1.807) is 12.1 Å². The summed E-state index contributed by atoms with van der Waals surface area (Å²) in [6.07, 6.45) is 0. The molecule has 1 N–H and O–H groups in total. The van der Waals surface area contributed by atoms with Crippen molar-refractivity contribution in [3.05, 3.63) is 86.9 Å². The second kappa shape index (κ2) is 11.4. The fourth-order valence-corrected chi connectivity index (χ4v) is 4.67. The lowest BCUT2D eigenvalue weighted by Crippen LogP contribution is -2.34. The van der Waals surface area contributed by atoms with Gasteiger partial charge in [0.2, 0.25) is 0 Å². The molecule has 0 unspecified atom stereocenters. The molecule has 1 heterocycles. The maximum absolute atomic E-state index is 12.8. The molecule has 4 aromatic rings. The van der Waals surface area contributed by atoms with Crippen LogP contribution in [0.1, 0.15) is 29.8 Å². The number of hydrogen-bond donors (Lipinski definition) is 1. The first kappa shape index (κ1) is 25.5. The fourth-order valence-electron chi connectivity index (χ4n) is 4.05. The van der Waals surface area contributed by atoms with Crippen LogP contribution in [-0.2, 0) is 6.54 Å². The first-order valence-corrected chi connectivity index (χ1v) is 12.7. The first-order chi connectivity index (χ1) is 16.9. The summed E-state index contributed by atoms with van der Waals surface area (Å²) < 4.78 is 2.09. The minimum Gasteiger partial charge on any atom is -0.351 e. The maximum atomic E-state index is 12.8. The van der Waals surface area contributed by atoms with Crippen molar-refractivity contribution in [2.45, 2.75) is 20.4 Å². The molecule has 0 atom stereocenters. The summed E-state index contributed by atoms with van der Waals surface area (Å²) in [5.74, 6) is 0.591. The van der Waals surface area contributed by atoms with Crippen LogP contribution in [0.5, 0.6) is 0 Å². The quantitative estimate of drug-likeness (QED) is 0.260. The number of aromatic nitrogens is 2. The Kier molecular flexibility index (Phi) is 8.34. The maximum Gasteiger partial charge on any atom is 0.251 e. The minimum absolute atomic E-state index is 0.114. The van der Waals surface area contributed by atoms with E-state index in [0.717, 1.165) is 41.8 Å². The van der Waals surface area contributed by atoms with Gasteiger partial charge in [0.1, 0.15) is 5.82 Å². The van der Waals surface area contributed by atoms with Crippen molar-refractivity contribution in [2.75, 3.05) is 26.2 Å². The predicted octanol–water partition coefficient (Wildman–Crippen LogP) is 6.78. The predicted molar refractivity (Wildman–Crippen MR) is 146 cm³/mol. The molecule has 0 spiro atoms. The van der Waals surface area contributed by atoms with Crippen LogP contribution in [0.4, 0.5) is 0 Å². The molecule has 0 radical (unpaired) electrons. The molecule has 3 aromatic carbocycles. The highest BCUT2D eigenvalue weighted by Gasteiger charge is 2.18. The number of benzene rings is 3. The highest BCUT2D eigenvalue weighted by molar-refractivity contribution is 6.36. The number of nitrogens with one attached hydrogen (secondary N) is 1.